The fourth-order valence-electron chi connectivity index (χ4n) is 4.85. The highest BCUT2D eigenvalue weighted by molar-refractivity contribution is 7.86. The minimum absolute atomic E-state index is 0.0549. The van der Waals surface area contributed by atoms with Crippen LogP contribution in [-0.4, -0.2) is 61.3 Å². The van der Waals surface area contributed by atoms with Gasteiger partial charge in [0.2, 0.25) is 0 Å². The number of hydrogen-bond donors (Lipinski definition) is 2. The molecule has 0 unspecified atom stereocenters. The Morgan fingerprint density at radius 2 is 1.33 bits per heavy atom. The van der Waals surface area contributed by atoms with Crippen molar-refractivity contribution in [1.29, 1.82) is 0 Å². The molecule has 7 nitrogen and oxygen atoms in total. The summed E-state index contributed by atoms with van der Waals surface area (Å²) in [7, 11) is -3.39. The second-order valence-corrected chi connectivity index (χ2v) is 10.8. The summed E-state index contributed by atoms with van der Waals surface area (Å²) in [5.41, 5.74) is 0. The third-order valence-electron chi connectivity index (χ3n) is 6.22. The van der Waals surface area contributed by atoms with Crippen molar-refractivity contribution in [2.45, 2.75) is 77.3 Å². The van der Waals surface area contributed by atoms with Crippen molar-refractivity contribution in [2.24, 2.45) is 11.8 Å². The fourth-order valence-corrected chi connectivity index (χ4v) is 6.73. The predicted molar refractivity (Wildman–Crippen MR) is 107 cm³/mol. The van der Waals surface area contributed by atoms with Gasteiger partial charge in [0, 0.05) is 38.3 Å². The molecule has 0 bridgehead atoms. The normalized spacial score (nSPS) is 30.1. The van der Waals surface area contributed by atoms with Gasteiger partial charge in [0.15, 0.2) is 0 Å². The molecule has 0 aromatic rings. The number of nitrogens with zero attached hydrogens (tertiary/aromatic N) is 2. The number of rotatable bonds is 4. The summed E-state index contributed by atoms with van der Waals surface area (Å²) in [5, 5.41) is 6.13. The zero-order chi connectivity index (χ0) is 19.4. The highest BCUT2D eigenvalue weighted by Gasteiger charge is 2.36. The SMILES string of the molecule is C[C@@H]1C[C@@H](C)CN(S(=O)(=O)N2CCC(NC(=O)NC3CCCCC3)CC2)C1. The van der Waals surface area contributed by atoms with Gasteiger partial charge in [-0.15, -0.1) is 0 Å². The molecule has 0 radical (unpaired) electrons. The Morgan fingerprint density at radius 1 is 0.815 bits per heavy atom. The molecular weight excluding hydrogens is 364 g/mol. The van der Waals surface area contributed by atoms with E-state index in [1.54, 1.807) is 8.61 Å². The van der Waals surface area contributed by atoms with Crippen LogP contribution in [0.25, 0.3) is 0 Å². The monoisotopic (exact) mass is 400 g/mol. The van der Waals surface area contributed by atoms with Crippen LogP contribution in [0.2, 0.25) is 0 Å². The van der Waals surface area contributed by atoms with Crippen molar-refractivity contribution in [2.75, 3.05) is 26.2 Å². The molecule has 2 heterocycles. The minimum atomic E-state index is -3.39. The number of nitrogens with one attached hydrogen (secondary N) is 2. The van der Waals surface area contributed by atoms with Crippen molar-refractivity contribution in [1.82, 2.24) is 19.2 Å². The molecular formula is C19H36N4O3S. The summed E-state index contributed by atoms with van der Waals surface area (Å²) in [5.74, 6) is 0.817. The van der Waals surface area contributed by atoms with E-state index in [1.807, 2.05) is 0 Å². The maximum absolute atomic E-state index is 13.0. The first kappa shape index (κ1) is 20.9. The zero-order valence-electron chi connectivity index (χ0n) is 16.8. The lowest BCUT2D eigenvalue weighted by atomic mass is 9.94. The third-order valence-corrected chi connectivity index (χ3v) is 8.19. The van der Waals surface area contributed by atoms with Crippen molar-refractivity contribution >= 4 is 16.2 Å². The van der Waals surface area contributed by atoms with E-state index in [9.17, 15) is 13.2 Å². The predicted octanol–water partition coefficient (Wildman–Crippen LogP) is 2.31. The van der Waals surface area contributed by atoms with Crippen LogP contribution in [0.15, 0.2) is 0 Å². The van der Waals surface area contributed by atoms with Gasteiger partial charge < -0.3 is 10.6 Å². The van der Waals surface area contributed by atoms with E-state index in [0.29, 0.717) is 56.9 Å². The van der Waals surface area contributed by atoms with Gasteiger partial charge in [-0.2, -0.15) is 17.0 Å². The van der Waals surface area contributed by atoms with Crippen LogP contribution in [0.1, 0.15) is 65.2 Å². The van der Waals surface area contributed by atoms with Crippen LogP contribution < -0.4 is 10.6 Å². The van der Waals surface area contributed by atoms with Crippen LogP contribution in [0.5, 0.6) is 0 Å². The molecule has 1 aliphatic carbocycles. The summed E-state index contributed by atoms with van der Waals surface area (Å²) in [6, 6.07) is 0.253. The molecule has 3 fully saturated rings. The molecule has 2 N–H and O–H groups in total. The molecule has 2 atom stereocenters. The van der Waals surface area contributed by atoms with Gasteiger partial charge in [-0.1, -0.05) is 33.1 Å². The van der Waals surface area contributed by atoms with E-state index in [0.717, 1.165) is 19.3 Å². The first-order valence-corrected chi connectivity index (χ1v) is 12.1. The van der Waals surface area contributed by atoms with E-state index >= 15 is 0 Å². The number of hydrogen-bond acceptors (Lipinski definition) is 3. The zero-order valence-corrected chi connectivity index (χ0v) is 17.6. The molecule has 2 saturated heterocycles. The molecule has 0 aromatic heterocycles. The fraction of sp³-hybridized carbons (Fsp3) is 0.947. The molecule has 27 heavy (non-hydrogen) atoms. The van der Waals surface area contributed by atoms with Gasteiger partial charge in [0.1, 0.15) is 0 Å². The van der Waals surface area contributed by atoms with Crippen LogP contribution in [0, 0.1) is 11.8 Å². The van der Waals surface area contributed by atoms with Crippen molar-refractivity contribution in [3.05, 3.63) is 0 Å². The Balaban J connectivity index is 1.45. The molecule has 0 aromatic carbocycles. The van der Waals surface area contributed by atoms with E-state index in [2.05, 4.69) is 24.5 Å². The van der Waals surface area contributed by atoms with Gasteiger partial charge in [0.25, 0.3) is 10.2 Å². The molecule has 0 spiro atoms. The van der Waals surface area contributed by atoms with E-state index in [1.165, 1.54) is 19.3 Å². The average molecular weight is 401 g/mol. The summed E-state index contributed by atoms with van der Waals surface area (Å²) >= 11 is 0. The summed E-state index contributed by atoms with van der Waals surface area (Å²) < 4.78 is 29.2. The van der Waals surface area contributed by atoms with Gasteiger partial charge in [-0.25, -0.2) is 4.79 Å². The summed E-state index contributed by atoms with van der Waals surface area (Å²) in [4.78, 5) is 12.2. The van der Waals surface area contributed by atoms with Gasteiger partial charge in [-0.3, -0.25) is 0 Å². The Kier molecular flexibility index (Phi) is 7.03. The lowest BCUT2D eigenvalue weighted by Gasteiger charge is -2.39. The standard InChI is InChI=1S/C19H36N4O3S/c1-15-12-16(2)14-23(13-15)27(25,26)22-10-8-18(9-11-22)21-19(24)20-17-6-4-3-5-7-17/h15-18H,3-14H2,1-2H3,(H2,20,21,24)/t15-,16-/m1/s1. The van der Waals surface area contributed by atoms with Crippen molar-refractivity contribution in [3.63, 3.8) is 0 Å². The Bertz CT molecular complexity index is 588. The van der Waals surface area contributed by atoms with Crippen LogP contribution in [0.3, 0.4) is 0 Å². The third kappa shape index (κ3) is 5.57. The highest BCUT2D eigenvalue weighted by Crippen LogP contribution is 2.26. The number of carbonyl (C=O) groups is 1. The number of amides is 2. The van der Waals surface area contributed by atoms with Gasteiger partial charge in [0.05, 0.1) is 0 Å². The van der Waals surface area contributed by atoms with Gasteiger partial charge in [-0.05, 0) is 43.9 Å². The maximum Gasteiger partial charge on any atom is 0.315 e. The van der Waals surface area contributed by atoms with Crippen molar-refractivity contribution in [3.8, 4) is 0 Å². The lowest BCUT2D eigenvalue weighted by molar-refractivity contribution is 0.197. The first-order valence-electron chi connectivity index (χ1n) is 10.7. The van der Waals surface area contributed by atoms with Crippen molar-refractivity contribution < 1.29 is 13.2 Å². The maximum atomic E-state index is 13.0. The quantitative estimate of drug-likeness (QED) is 0.760. The molecule has 3 rings (SSSR count). The Labute approximate surface area is 164 Å². The largest absolute Gasteiger partial charge is 0.335 e. The highest BCUT2D eigenvalue weighted by atomic mass is 32.2. The first-order chi connectivity index (χ1) is 12.8. The Hall–Kier alpha value is -0.860. The van der Waals surface area contributed by atoms with E-state index < -0.39 is 10.2 Å². The number of piperidine rings is 2. The van der Waals surface area contributed by atoms with E-state index in [4.69, 9.17) is 0 Å². The van der Waals surface area contributed by atoms with Gasteiger partial charge >= 0.3 is 6.03 Å². The molecule has 2 amide bonds. The van der Waals surface area contributed by atoms with Crippen LogP contribution >= 0.6 is 0 Å². The topological polar surface area (TPSA) is 81.8 Å². The minimum Gasteiger partial charge on any atom is -0.335 e. The molecule has 8 heteroatoms. The second kappa shape index (κ2) is 9.09. The molecule has 1 saturated carbocycles. The number of carbonyl (C=O) groups excluding carboxylic acids is 1. The molecule has 3 aliphatic rings. The second-order valence-electron chi connectivity index (χ2n) is 8.90. The average Bonchev–Trinajstić information content (AvgIpc) is 2.62. The number of urea groups is 1. The van der Waals surface area contributed by atoms with Crippen LogP contribution in [0.4, 0.5) is 4.79 Å². The molecule has 156 valence electrons. The summed E-state index contributed by atoms with van der Waals surface area (Å²) in [6.07, 6.45) is 8.22. The van der Waals surface area contributed by atoms with E-state index in [-0.39, 0.29) is 12.1 Å². The summed E-state index contributed by atoms with van der Waals surface area (Å²) in [6.45, 7) is 6.45. The van der Waals surface area contributed by atoms with Crippen LogP contribution in [-0.2, 0) is 10.2 Å². The smallest absolute Gasteiger partial charge is 0.315 e. The lowest BCUT2D eigenvalue weighted by Crippen LogP contribution is -2.54. The Morgan fingerprint density at radius 3 is 1.89 bits per heavy atom. The molecule has 2 aliphatic heterocycles.